The Morgan fingerprint density at radius 1 is 0.650 bits per heavy atom. The molecular formula is C16H10N2S2. The second-order valence-electron chi connectivity index (χ2n) is 4.38. The van der Waals surface area contributed by atoms with Gasteiger partial charge in [0.2, 0.25) is 0 Å². The van der Waals surface area contributed by atoms with E-state index in [4.69, 9.17) is 0 Å². The van der Waals surface area contributed by atoms with Gasteiger partial charge in [0.1, 0.15) is 10.0 Å². The van der Waals surface area contributed by atoms with Crippen molar-refractivity contribution in [1.82, 2.24) is 9.97 Å². The minimum absolute atomic E-state index is 1.06. The maximum absolute atomic E-state index is 4.43. The summed E-state index contributed by atoms with van der Waals surface area (Å²) in [6.45, 7) is 0. The molecule has 2 aromatic carbocycles. The molecule has 4 aromatic rings. The van der Waals surface area contributed by atoms with Gasteiger partial charge in [-0.15, -0.1) is 22.7 Å². The normalized spacial score (nSPS) is 11.0. The molecule has 0 aliphatic rings. The van der Waals surface area contributed by atoms with Crippen LogP contribution in [-0.2, 0) is 0 Å². The Morgan fingerprint density at radius 3 is 1.55 bits per heavy atom. The van der Waals surface area contributed by atoms with E-state index in [2.05, 4.69) is 46.4 Å². The summed E-state index contributed by atoms with van der Waals surface area (Å²) in [7, 11) is 0. The lowest BCUT2D eigenvalue weighted by atomic mass is 10.00. The van der Waals surface area contributed by atoms with E-state index in [1.807, 2.05) is 23.2 Å². The molecular weight excluding hydrogens is 284 g/mol. The van der Waals surface area contributed by atoms with Crippen molar-refractivity contribution in [1.29, 1.82) is 0 Å². The molecule has 0 bridgehead atoms. The van der Waals surface area contributed by atoms with Crippen molar-refractivity contribution in [2.24, 2.45) is 0 Å². The van der Waals surface area contributed by atoms with Crippen molar-refractivity contribution < 1.29 is 0 Å². The van der Waals surface area contributed by atoms with Crippen LogP contribution in [0.2, 0.25) is 0 Å². The van der Waals surface area contributed by atoms with E-state index in [1.165, 1.54) is 21.9 Å². The minimum Gasteiger partial charge on any atom is -0.245 e. The second-order valence-corrected chi connectivity index (χ2v) is 6.17. The van der Waals surface area contributed by atoms with E-state index in [1.54, 1.807) is 22.7 Å². The van der Waals surface area contributed by atoms with Crippen LogP contribution in [0.4, 0.5) is 0 Å². The maximum atomic E-state index is 4.43. The largest absolute Gasteiger partial charge is 0.245 e. The number of hydrogen-bond acceptors (Lipinski definition) is 4. The summed E-state index contributed by atoms with van der Waals surface area (Å²) < 4.78 is 0. The summed E-state index contributed by atoms with van der Waals surface area (Å²) in [4.78, 5) is 8.87. The predicted molar refractivity (Wildman–Crippen MR) is 86.2 cm³/mol. The molecule has 4 rings (SSSR count). The SMILES string of the molecule is c1ccc2c(-c3nccs3)ccc(-c3nccs3)c2c1. The van der Waals surface area contributed by atoms with Gasteiger partial charge in [0, 0.05) is 34.3 Å². The van der Waals surface area contributed by atoms with Crippen LogP contribution >= 0.6 is 22.7 Å². The van der Waals surface area contributed by atoms with E-state index in [0.29, 0.717) is 0 Å². The summed E-state index contributed by atoms with van der Waals surface area (Å²) in [6, 6.07) is 12.8. The van der Waals surface area contributed by atoms with Gasteiger partial charge in [-0.2, -0.15) is 0 Å². The fraction of sp³-hybridized carbons (Fsp3) is 0. The average Bonchev–Trinajstić information content (AvgIpc) is 3.19. The Labute approximate surface area is 124 Å². The second kappa shape index (κ2) is 4.81. The zero-order chi connectivity index (χ0) is 13.4. The summed E-state index contributed by atoms with van der Waals surface area (Å²) in [5.41, 5.74) is 2.38. The number of aromatic nitrogens is 2. The highest BCUT2D eigenvalue weighted by Gasteiger charge is 2.11. The monoisotopic (exact) mass is 294 g/mol. The average molecular weight is 294 g/mol. The first kappa shape index (κ1) is 11.8. The molecule has 0 saturated carbocycles. The highest BCUT2D eigenvalue weighted by Crippen LogP contribution is 2.36. The van der Waals surface area contributed by atoms with Gasteiger partial charge in [-0.3, -0.25) is 0 Å². The summed E-state index contributed by atoms with van der Waals surface area (Å²) in [6.07, 6.45) is 3.70. The van der Waals surface area contributed by atoms with Crippen molar-refractivity contribution in [3.05, 3.63) is 59.6 Å². The quantitative estimate of drug-likeness (QED) is 0.515. The van der Waals surface area contributed by atoms with Crippen LogP contribution in [0.5, 0.6) is 0 Å². The van der Waals surface area contributed by atoms with Gasteiger partial charge in [-0.1, -0.05) is 36.4 Å². The fourth-order valence-electron chi connectivity index (χ4n) is 2.38. The van der Waals surface area contributed by atoms with Gasteiger partial charge in [0.05, 0.1) is 0 Å². The molecule has 96 valence electrons. The van der Waals surface area contributed by atoms with E-state index in [9.17, 15) is 0 Å². The van der Waals surface area contributed by atoms with Crippen LogP contribution in [0.15, 0.2) is 59.6 Å². The Kier molecular flexibility index (Phi) is 2.83. The minimum atomic E-state index is 1.06. The molecule has 0 spiro atoms. The van der Waals surface area contributed by atoms with Gasteiger partial charge in [-0.25, -0.2) is 9.97 Å². The van der Waals surface area contributed by atoms with E-state index in [-0.39, 0.29) is 0 Å². The molecule has 0 aliphatic carbocycles. The Balaban J connectivity index is 2.05. The number of fused-ring (bicyclic) bond motifs is 1. The summed E-state index contributed by atoms with van der Waals surface area (Å²) in [5, 5.41) is 8.61. The van der Waals surface area contributed by atoms with Crippen molar-refractivity contribution in [3.63, 3.8) is 0 Å². The molecule has 0 unspecified atom stereocenters. The van der Waals surface area contributed by atoms with Crippen molar-refractivity contribution >= 4 is 33.4 Å². The lowest BCUT2D eigenvalue weighted by molar-refractivity contribution is 1.41. The van der Waals surface area contributed by atoms with Gasteiger partial charge in [0.25, 0.3) is 0 Å². The topological polar surface area (TPSA) is 25.8 Å². The summed E-state index contributed by atoms with van der Waals surface area (Å²) in [5.74, 6) is 0. The van der Waals surface area contributed by atoms with E-state index in [0.717, 1.165) is 10.0 Å². The molecule has 0 aliphatic heterocycles. The van der Waals surface area contributed by atoms with Crippen molar-refractivity contribution in [2.75, 3.05) is 0 Å². The molecule has 2 heterocycles. The summed E-state index contributed by atoms with van der Waals surface area (Å²) >= 11 is 3.34. The van der Waals surface area contributed by atoms with Gasteiger partial charge in [-0.05, 0) is 10.8 Å². The third-order valence-electron chi connectivity index (χ3n) is 3.25. The standard InChI is InChI=1S/C16H10N2S2/c1-2-4-12-11(3-1)13(15-17-7-9-19-15)5-6-14(12)16-18-8-10-20-16/h1-10H. The molecule has 0 N–H and O–H groups in total. The lowest BCUT2D eigenvalue weighted by Gasteiger charge is -2.08. The highest BCUT2D eigenvalue weighted by atomic mass is 32.1. The van der Waals surface area contributed by atoms with Gasteiger partial charge < -0.3 is 0 Å². The zero-order valence-corrected chi connectivity index (χ0v) is 12.1. The fourth-order valence-corrected chi connectivity index (χ4v) is 3.74. The molecule has 0 saturated heterocycles. The van der Waals surface area contributed by atoms with Crippen LogP contribution in [-0.4, -0.2) is 9.97 Å². The van der Waals surface area contributed by atoms with Gasteiger partial charge >= 0.3 is 0 Å². The smallest absolute Gasteiger partial charge is 0.123 e. The Bertz CT molecular complexity index is 777. The zero-order valence-electron chi connectivity index (χ0n) is 10.5. The molecule has 0 radical (unpaired) electrons. The predicted octanol–water partition coefficient (Wildman–Crippen LogP) is 5.09. The Morgan fingerprint density at radius 2 is 1.15 bits per heavy atom. The third-order valence-corrected chi connectivity index (χ3v) is 4.86. The van der Waals surface area contributed by atoms with Crippen LogP contribution in [0.3, 0.4) is 0 Å². The molecule has 0 atom stereocenters. The van der Waals surface area contributed by atoms with Crippen LogP contribution in [0.1, 0.15) is 0 Å². The number of nitrogens with zero attached hydrogens (tertiary/aromatic N) is 2. The first-order valence-corrected chi connectivity index (χ1v) is 8.01. The molecule has 0 amide bonds. The maximum Gasteiger partial charge on any atom is 0.123 e. The molecule has 4 heteroatoms. The number of benzene rings is 2. The molecule has 0 fully saturated rings. The van der Waals surface area contributed by atoms with Gasteiger partial charge in [0.15, 0.2) is 0 Å². The van der Waals surface area contributed by atoms with Crippen LogP contribution in [0, 0.1) is 0 Å². The lowest BCUT2D eigenvalue weighted by Crippen LogP contribution is -1.84. The first-order valence-electron chi connectivity index (χ1n) is 6.25. The van der Waals surface area contributed by atoms with E-state index < -0.39 is 0 Å². The third kappa shape index (κ3) is 1.85. The number of hydrogen-bond donors (Lipinski definition) is 0. The van der Waals surface area contributed by atoms with Crippen LogP contribution < -0.4 is 0 Å². The molecule has 2 aromatic heterocycles. The van der Waals surface area contributed by atoms with Crippen LogP contribution in [0.25, 0.3) is 31.9 Å². The number of rotatable bonds is 2. The molecule has 20 heavy (non-hydrogen) atoms. The van der Waals surface area contributed by atoms with Crippen molar-refractivity contribution in [2.45, 2.75) is 0 Å². The van der Waals surface area contributed by atoms with Crippen molar-refractivity contribution in [3.8, 4) is 21.1 Å². The highest BCUT2D eigenvalue weighted by molar-refractivity contribution is 7.13. The Hall–Kier alpha value is -2.04. The van der Waals surface area contributed by atoms with E-state index >= 15 is 0 Å². The number of thiazole rings is 2. The molecule has 2 nitrogen and oxygen atoms in total. The first-order chi connectivity index (χ1) is 9.93.